The Morgan fingerprint density at radius 1 is 1.38 bits per heavy atom. The lowest BCUT2D eigenvalue weighted by atomic mass is 10.1. The topological polar surface area (TPSA) is 12.0 Å². The molecule has 1 fully saturated rings. The van der Waals surface area contributed by atoms with Crippen molar-refractivity contribution in [2.45, 2.75) is 18.9 Å². The van der Waals surface area contributed by atoms with Gasteiger partial charge in [0.25, 0.3) is 0 Å². The van der Waals surface area contributed by atoms with Crippen LogP contribution in [0.2, 0.25) is 5.02 Å². The smallest absolute Gasteiger partial charge is 0.0409 e. The molecule has 1 unspecified atom stereocenters. The third kappa shape index (κ3) is 2.60. The van der Waals surface area contributed by atoms with Gasteiger partial charge in [0, 0.05) is 11.1 Å². The Bertz CT molecular complexity index is 269. The molecule has 1 atom stereocenters. The third-order valence-corrected chi connectivity index (χ3v) is 2.55. The Kier molecular flexibility index (Phi) is 4.04. The van der Waals surface area contributed by atoms with Crippen LogP contribution in [0.5, 0.6) is 0 Å². The Balaban J connectivity index is 0.000000845. The summed E-state index contributed by atoms with van der Waals surface area (Å²) in [6.07, 6.45) is 2.51. The first kappa shape index (κ1) is 10.8. The van der Waals surface area contributed by atoms with Gasteiger partial charge in [0.2, 0.25) is 0 Å². The van der Waals surface area contributed by atoms with E-state index in [1.807, 2.05) is 18.2 Å². The number of halogens is 2. The summed E-state index contributed by atoms with van der Waals surface area (Å²) in [6.45, 7) is 1.14. The second-order valence-electron chi connectivity index (χ2n) is 3.20. The zero-order valence-electron chi connectivity index (χ0n) is 7.29. The zero-order valence-corrected chi connectivity index (χ0v) is 8.87. The van der Waals surface area contributed by atoms with Crippen molar-refractivity contribution in [2.75, 3.05) is 6.54 Å². The van der Waals surface area contributed by atoms with E-state index in [0.29, 0.717) is 6.04 Å². The molecule has 0 aromatic heterocycles. The molecule has 0 spiro atoms. The average molecular weight is 218 g/mol. The van der Waals surface area contributed by atoms with Gasteiger partial charge < -0.3 is 5.32 Å². The lowest BCUT2D eigenvalue weighted by Gasteiger charge is -2.09. The largest absolute Gasteiger partial charge is 0.310 e. The molecular formula is C10H13Cl2N. The Hall–Kier alpha value is -0.240. The minimum atomic E-state index is 0. The normalized spacial score (nSPS) is 21.2. The fourth-order valence-electron chi connectivity index (χ4n) is 1.69. The van der Waals surface area contributed by atoms with Crippen molar-refractivity contribution in [3.8, 4) is 0 Å². The summed E-state index contributed by atoms with van der Waals surface area (Å²) in [6, 6.07) is 8.64. The molecule has 0 amide bonds. The van der Waals surface area contributed by atoms with Crippen LogP contribution in [0.1, 0.15) is 24.4 Å². The van der Waals surface area contributed by atoms with Crippen LogP contribution >= 0.6 is 24.0 Å². The molecule has 3 heteroatoms. The molecule has 0 radical (unpaired) electrons. The first-order valence-corrected chi connectivity index (χ1v) is 4.73. The third-order valence-electron chi connectivity index (χ3n) is 2.31. The predicted octanol–water partition coefficient (Wildman–Crippen LogP) is 3.19. The van der Waals surface area contributed by atoms with E-state index in [1.54, 1.807) is 0 Å². The van der Waals surface area contributed by atoms with E-state index in [1.165, 1.54) is 18.4 Å². The second-order valence-corrected chi connectivity index (χ2v) is 3.64. The van der Waals surface area contributed by atoms with Crippen LogP contribution in [0, 0.1) is 0 Å². The highest BCUT2D eigenvalue weighted by Gasteiger charge is 2.15. The Morgan fingerprint density at radius 3 is 2.85 bits per heavy atom. The van der Waals surface area contributed by atoms with Crippen molar-refractivity contribution >= 4 is 24.0 Å². The van der Waals surface area contributed by atoms with Gasteiger partial charge >= 0.3 is 0 Å². The van der Waals surface area contributed by atoms with E-state index >= 15 is 0 Å². The molecule has 1 N–H and O–H groups in total. The van der Waals surface area contributed by atoms with Gasteiger partial charge in [0.15, 0.2) is 0 Å². The molecule has 0 saturated carbocycles. The average Bonchev–Trinajstić information content (AvgIpc) is 2.56. The standard InChI is InChI=1S/C10H12ClN.ClH/c11-9-4-1-3-8(7-9)10-5-2-6-12-10;/h1,3-4,7,10,12H,2,5-6H2;1H. The first-order valence-electron chi connectivity index (χ1n) is 4.35. The summed E-state index contributed by atoms with van der Waals surface area (Å²) in [5, 5.41) is 4.28. The lowest BCUT2D eigenvalue weighted by Crippen LogP contribution is -2.12. The van der Waals surface area contributed by atoms with E-state index in [9.17, 15) is 0 Å². The molecule has 0 aliphatic carbocycles. The number of benzene rings is 1. The maximum atomic E-state index is 5.90. The summed E-state index contributed by atoms with van der Waals surface area (Å²) < 4.78 is 0. The van der Waals surface area contributed by atoms with Crippen molar-refractivity contribution in [1.29, 1.82) is 0 Å². The monoisotopic (exact) mass is 217 g/mol. The van der Waals surface area contributed by atoms with Gasteiger partial charge in [-0.25, -0.2) is 0 Å². The number of hydrogen-bond donors (Lipinski definition) is 1. The SMILES string of the molecule is Cl.Clc1cccc(C2CCCN2)c1. The van der Waals surface area contributed by atoms with Crippen LogP contribution in [0.4, 0.5) is 0 Å². The van der Waals surface area contributed by atoms with Crippen molar-refractivity contribution < 1.29 is 0 Å². The van der Waals surface area contributed by atoms with Crippen molar-refractivity contribution in [3.05, 3.63) is 34.9 Å². The summed E-state index contributed by atoms with van der Waals surface area (Å²) in [5.74, 6) is 0. The fraction of sp³-hybridized carbons (Fsp3) is 0.400. The van der Waals surface area contributed by atoms with E-state index < -0.39 is 0 Å². The van der Waals surface area contributed by atoms with Crippen molar-refractivity contribution in [2.24, 2.45) is 0 Å². The van der Waals surface area contributed by atoms with Crippen LogP contribution in [0.15, 0.2) is 24.3 Å². The minimum Gasteiger partial charge on any atom is -0.310 e. The molecule has 0 bridgehead atoms. The van der Waals surface area contributed by atoms with E-state index in [2.05, 4.69) is 11.4 Å². The molecule has 1 aromatic carbocycles. The maximum absolute atomic E-state index is 5.90. The molecule has 1 saturated heterocycles. The quantitative estimate of drug-likeness (QED) is 0.763. The summed E-state index contributed by atoms with van der Waals surface area (Å²) in [4.78, 5) is 0. The second kappa shape index (κ2) is 4.85. The number of nitrogens with one attached hydrogen (secondary N) is 1. The molecule has 1 aromatic rings. The van der Waals surface area contributed by atoms with Crippen LogP contribution in [-0.4, -0.2) is 6.54 Å². The molecule has 2 rings (SSSR count). The molecule has 1 heterocycles. The molecule has 1 nitrogen and oxygen atoms in total. The zero-order chi connectivity index (χ0) is 8.39. The number of hydrogen-bond acceptors (Lipinski definition) is 1. The molecule has 72 valence electrons. The van der Waals surface area contributed by atoms with Crippen LogP contribution < -0.4 is 5.32 Å². The summed E-state index contributed by atoms with van der Waals surface area (Å²) in [5.41, 5.74) is 1.32. The predicted molar refractivity (Wildman–Crippen MR) is 58.7 cm³/mol. The highest BCUT2D eigenvalue weighted by molar-refractivity contribution is 6.30. The highest BCUT2D eigenvalue weighted by Crippen LogP contribution is 2.24. The first-order chi connectivity index (χ1) is 5.86. The fourth-order valence-corrected chi connectivity index (χ4v) is 1.89. The van der Waals surface area contributed by atoms with E-state index in [-0.39, 0.29) is 12.4 Å². The summed E-state index contributed by atoms with van der Waals surface area (Å²) >= 11 is 5.90. The van der Waals surface area contributed by atoms with Gasteiger partial charge in [-0.05, 0) is 37.1 Å². The van der Waals surface area contributed by atoms with E-state index in [0.717, 1.165) is 11.6 Å². The van der Waals surface area contributed by atoms with Crippen LogP contribution in [0.3, 0.4) is 0 Å². The number of rotatable bonds is 1. The molecular weight excluding hydrogens is 205 g/mol. The molecule has 1 aliphatic heterocycles. The molecule has 13 heavy (non-hydrogen) atoms. The Morgan fingerprint density at radius 2 is 2.23 bits per heavy atom. The minimum absolute atomic E-state index is 0. The molecule has 1 aliphatic rings. The van der Waals surface area contributed by atoms with Gasteiger partial charge in [-0.2, -0.15) is 0 Å². The van der Waals surface area contributed by atoms with Gasteiger partial charge in [0.05, 0.1) is 0 Å². The van der Waals surface area contributed by atoms with Crippen LogP contribution in [0.25, 0.3) is 0 Å². The van der Waals surface area contributed by atoms with Gasteiger partial charge in [-0.1, -0.05) is 23.7 Å². The van der Waals surface area contributed by atoms with Gasteiger partial charge in [-0.3, -0.25) is 0 Å². The van der Waals surface area contributed by atoms with Gasteiger partial charge in [0.1, 0.15) is 0 Å². The maximum Gasteiger partial charge on any atom is 0.0409 e. The lowest BCUT2D eigenvalue weighted by molar-refractivity contribution is 0.648. The van der Waals surface area contributed by atoms with E-state index in [4.69, 9.17) is 11.6 Å². The summed E-state index contributed by atoms with van der Waals surface area (Å²) in [7, 11) is 0. The van der Waals surface area contributed by atoms with Crippen molar-refractivity contribution in [1.82, 2.24) is 5.32 Å². The van der Waals surface area contributed by atoms with Gasteiger partial charge in [-0.15, -0.1) is 12.4 Å². The van der Waals surface area contributed by atoms with Crippen molar-refractivity contribution in [3.63, 3.8) is 0 Å². The van der Waals surface area contributed by atoms with Crippen LogP contribution in [-0.2, 0) is 0 Å². The highest BCUT2D eigenvalue weighted by atomic mass is 35.5. The Labute approximate surface area is 89.9 Å².